The van der Waals surface area contributed by atoms with Gasteiger partial charge in [0.05, 0.1) is 5.69 Å². The van der Waals surface area contributed by atoms with Gasteiger partial charge in [-0.1, -0.05) is 6.07 Å². The Bertz CT molecular complexity index is 782. The van der Waals surface area contributed by atoms with E-state index in [1.165, 1.54) is 11.0 Å². The maximum atomic E-state index is 14.7. The van der Waals surface area contributed by atoms with Crippen molar-refractivity contribution in [3.63, 3.8) is 0 Å². The van der Waals surface area contributed by atoms with Crippen LogP contribution in [0.15, 0.2) is 18.2 Å². The van der Waals surface area contributed by atoms with E-state index in [4.69, 9.17) is 4.74 Å². The second-order valence-electron chi connectivity index (χ2n) is 8.21. The fraction of sp³-hybridized carbons (Fsp3) is 0.550. The number of hydrogen-bond acceptors (Lipinski definition) is 4. The molecule has 0 atom stereocenters. The third-order valence-electron chi connectivity index (χ3n) is 4.93. The summed E-state index contributed by atoms with van der Waals surface area (Å²) in [6.45, 7) is 6.77. The first-order chi connectivity index (χ1) is 13.1. The molecule has 2 aliphatic rings. The van der Waals surface area contributed by atoms with Crippen LogP contribution in [0.1, 0.15) is 51.5 Å². The summed E-state index contributed by atoms with van der Waals surface area (Å²) in [7, 11) is 0. The molecule has 0 bridgehead atoms. The van der Waals surface area contributed by atoms with Gasteiger partial charge in [0.15, 0.2) is 0 Å². The van der Waals surface area contributed by atoms with Crippen LogP contribution < -0.4 is 10.2 Å². The number of amides is 4. The topological polar surface area (TPSA) is 79.0 Å². The molecule has 4 amide bonds. The van der Waals surface area contributed by atoms with Gasteiger partial charge < -0.3 is 9.64 Å². The average molecular weight is 391 g/mol. The fourth-order valence-electron chi connectivity index (χ4n) is 3.51. The van der Waals surface area contributed by atoms with Gasteiger partial charge in [-0.2, -0.15) is 0 Å². The largest absolute Gasteiger partial charge is 0.444 e. The number of imide groups is 1. The number of likely N-dealkylation sites (tertiary alicyclic amines) is 1. The number of halogens is 1. The molecule has 0 spiro atoms. The summed E-state index contributed by atoms with van der Waals surface area (Å²) in [6, 6.07) is 4.25. The molecule has 2 heterocycles. The molecular formula is C20H26FN3O4. The van der Waals surface area contributed by atoms with Crippen molar-refractivity contribution >= 4 is 23.7 Å². The number of benzene rings is 1. The number of carbonyl (C=O) groups excluding carboxylic acids is 3. The third kappa shape index (κ3) is 4.61. The molecule has 2 fully saturated rings. The lowest BCUT2D eigenvalue weighted by atomic mass is 9.89. The zero-order chi connectivity index (χ0) is 20.5. The summed E-state index contributed by atoms with van der Waals surface area (Å²) in [5.41, 5.74) is 0.483. The summed E-state index contributed by atoms with van der Waals surface area (Å²) >= 11 is 0. The van der Waals surface area contributed by atoms with Crippen molar-refractivity contribution in [2.45, 2.75) is 51.6 Å². The monoisotopic (exact) mass is 391 g/mol. The van der Waals surface area contributed by atoms with Gasteiger partial charge >= 0.3 is 12.1 Å². The first-order valence-corrected chi connectivity index (χ1v) is 9.53. The first-order valence-electron chi connectivity index (χ1n) is 9.53. The summed E-state index contributed by atoms with van der Waals surface area (Å²) in [6.07, 6.45) is 1.27. The van der Waals surface area contributed by atoms with Gasteiger partial charge in [-0.25, -0.2) is 14.0 Å². The van der Waals surface area contributed by atoms with Gasteiger partial charge in [0.1, 0.15) is 11.4 Å². The Morgan fingerprint density at radius 3 is 2.43 bits per heavy atom. The van der Waals surface area contributed by atoms with E-state index < -0.39 is 17.4 Å². The van der Waals surface area contributed by atoms with E-state index in [1.807, 2.05) is 26.8 Å². The predicted octanol–water partition coefficient (Wildman–Crippen LogP) is 3.39. The van der Waals surface area contributed by atoms with E-state index in [9.17, 15) is 18.8 Å². The minimum Gasteiger partial charge on any atom is -0.444 e. The standard InChI is InChI=1S/C20H26FN3O4/c1-20(2,3)28-19(27)23-9-6-13(7-10-23)14-4-5-16(15(21)12-14)24-11-8-17(25)22-18(24)26/h4-5,12-13H,6-11H2,1-3H3,(H,22,25,26). The highest BCUT2D eigenvalue weighted by atomic mass is 19.1. The number of urea groups is 1. The molecule has 2 aliphatic heterocycles. The number of carbonyl (C=O) groups is 3. The Balaban J connectivity index is 1.63. The Morgan fingerprint density at radius 1 is 1.18 bits per heavy atom. The number of nitrogens with one attached hydrogen (secondary N) is 1. The lowest BCUT2D eigenvalue weighted by molar-refractivity contribution is -0.120. The van der Waals surface area contributed by atoms with Crippen molar-refractivity contribution in [2.24, 2.45) is 0 Å². The Morgan fingerprint density at radius 2 is 1.86 bits per heavy atom. The second kappa shape index (κ2) is 7.77. The zero-order valence-corrected chi connectivity index (χ0v) is 16.5. The van der Waals surface area contributed by atoms with Gasteiger partial charge in [0.25, 0.3) is 0 Å². The van der Waals surface area contributed by atoms with E-state index in [-0.39, 0.29) is 36.6 Å². The quantitative estimate of drug-likeness (QED) is 0.838. The van der Waals surface area contributed by atoms with Gasteiger partial charge in [-0.3, -0.25) is 15.0 Å². The zero-order valence-electron chi connectivity index (χ0n) is 16.5. The van der Waals surface area contributed by atoms with Crippen LogP contribution in [0.25, 0.3) is 0 Å². The molecule has 152 valence electrons. The van der Waals surface area contributed by atoms with Crippen molar-refractivity contribution in [3.05, 3.63) is 29.6 Å². The van der Waals surface area contributed by atoms with Gasteiger partial charge in [0, 0.05) is 26.1 Å². The van der Waals surface area contributed by atoms with Crippen LogP contribution in [0.4, 0.5) is 19.7 Å². The SMILES string of the molecule is CC(C)(C)OC(=O)N1CCC(c2ccc(N3CCC(=O)NC3=O)c(F)c2)CC1. The molecule has 7 nitrogen and oxygen atoms in total. The lowest BCUT2D eigenvalue weighted by Gasteiger charge is -2.34. The van der Waals surface area contributed by atoms with Crippen LogP contribution in [0.5, 0.6) is 0 Å². The molecule has 0 aliphatic carbocycles. The van der Waals surface area contributed by atoms with E-state index in [0.717, 1.165) is 18.4 Å². The van der Waals surface area contributed by atoms with E-state index in [1.54, 1.807) is 11.0 Å². The van der Waals surface area contributed by atoms with E-state index in [2.05, 4.69) is 5.32 Å². The molecule has 0 radical (unpaired) electrons. The summed E-state index contributed by atoms with van der Waals surface area (Å²) in [4.78, 5) is 38.3. The first kappa shape index (κ1) is 20.1. The third-order valence-corrected chi connectivity index (χ3v) is 4.93. The molecule has 2 saturated heterocycles. The summed E-state index contributed by atoms with van der Waals surface area (Å²) in [5.74, 6) is -0.703. The van der Waals surface area contributed by atoms with Crippen LogP contribution >= 0.6 is 0 Å². The predicted molar refractivity (Wildman–Crippen MR) is 102 cm³/mol. The number of ether oxygens (including phenoxy) is 1. The Kier molecular flexibility index (Phi) is 5.58. The van der Waals surface area contributed by atoms with Gasteiger partial charge in [-0.15, -0.1) is 0 Å². The molecule has 0 aromatic heterocycles. The van der Waals surface area contributed by atoms with Gasteiger partial charge in [-0.05, 0) is 57.2 Å². The minimum absolute atomic E-state index is 0.138. The van der Waals surface area contributed by atoms with Crippen molar-refractivity contribution in [3.8, 4) is 0 Å². The molecule has 3 rings (SSSR count). The lowest BCUT2D eigenvalue weighted by Crippen LogP contribution is -2.49. The van der Waals surface area contributed by atoms with Crippen molar-refractivity contribution in [2.75, 3.05) is 24.5 Å². The maximum Gasteiger partial charge on any atom is 0.410 e. The van der Waals surface area contributed by atoms with Crippen molar-refractivity contribution in [1.29, 1.82) is 0 Å². The van der Waals surface area contributed by atoms with E-state index >= 15 is 0 Å². The molecule has 8 heteroatoms. The minimum atomic E-state index is -0.603. The number of hydrogen-bond donors (Lipinski definition) is 1. The normalized spacial score (nSPS) is 18.9. The fourth-order valence-corrected chi connectivity index (χ4v) is 3.51. The molecule has 0 unspecified atom stereocenters. The van der Waals surface area contributed by atoms with Crippen LogP contribution in [0, 0.1) is 5.82 Å². The Labute approximate surface area is 163 Å². The molecule has 1 aromatic carbocycles. The number of piperidine rings is 1. The summed E-state index contributed by atoms with van der Waals surface area (Å²) < 4.78 is 20.1. The number of anilines is 1. The molecule has 28 heavy (non-hydrogen) atoms. The maximum absolute atomic E-state index is 14.7. The molecule has 1 aromatic rings. The highest BCUT2D eigenvalue weighted by molar-refractivity contribution is 6.05. The molecular weight excluding hydrogens is 365 g/mol. The van der Waals surface area contributed by atoms with Crippen LogP contribution in [0.2, 0.25) is 0 Å². The number of rotatable bonds is 2. The molecule has 1 N–H and O–H groups in total. The van der Waals surface area contributed by atoms with Crippen LogP contribution in [-0.4, -0.2) is 48.2 Å². The van der Waals surface area contributed by atoms with Crippen molar-refractivity contribution < 1.29 is 23.5 Å². The average Bonchev–Trinajstić information content (AvgIpc) is 2.61. The smallest absolute Gasteiger partial charge is 0.410 e. The second-order valence-corrected chi connectivity index (χ2v) is 8.21. The van der Waals surface area contributed by atoms with Gasteiger partial charge in [0.2, 0.25) is 5.91 Å². The Hall–Kier alpha value is -2.64. The highest BCUT2D eigenvalue weighted by Gasteiger charge is 2.29. The van der Waals surface area contributed by atoms with Crippen LogP contribution in [0.3, 0.4) is 0 Å². The summed E-state index contributed by atoms with van der Waals surface area (Å²) in [5, 5.41) is 2.20. The highest BCUT2D eigenvalue weighted by Crippen LogP contribution is 2.32. The van der Waals surface area contributed by atoms with Crippen molar-refractivity contribution in [1.82, 2.24) is 10.2 Å². The molecule has 0 saturated carbocycles. The number of nitrogens with zero attached hydrogens (tertiary/aromatic N) is 2. The van der Waals surface area contributed by atoms with Crippen LogP contribution in [-0.2, 0) is 9.53 Å². The van der Waals surface area contributed by atoms with E-state index in [0.29, 0.717) is 13.1 Å².